The number of fused-ring (bicyclic) bond motifs is 7. The summed E-state index contributed by atoms with van der Waals surface area (Å²) in [4.78, 5) is 70.3. The summed E-state index contributed by atoms with van der Waals surface area (Å²) in [6, 6.07) is 7.43. The van der Waals surface area contributed by atoms with Crippen molar-refractivity contribution in [3.8, 4) is 0 Å². The topological polar surface area (TPSA) is 162 Å². The molecule has 6 aliphatic carbocycles. The van der Waals surface area contributed by atoms with E-state index in [1.54, 1.807) is 26.0 Å². The van der Waals surface area contributed by atoms with E-state index in [1.807, 2.05) is 26.0 Å². The standard InChI is InChI=1S/C53H77N3O8/c1-30(2)41-37(58)29-53(55-46(63)49(7,8)54-43(59)31-12-14-32(15-13-31)56-26-20-33(57)21-27-56)25-24-51(10)34(42(41)53)16-17-39-50(9)22-19-40(48(5,6)38(50)18-23-52(39,51)11)64-45(62)36-28-35(44(60)61)47(36,3)4/h12-15,30,33-36,38-40,57H,16-29H2,1-11H3,(H,54,59)(H,55,63)(H,60,61)/t34-,35+,36-,38+,39-,40+,50+,51-,52-,53-/m1/s1. The molecule has 11 nitrogen and oxygen atoms in total. The molecular formula is C53H77N3O8. The van der Waals surface area contributed by atoms with Crippen molar-refractivity contribution < 1.29 is 38.9 Å². The summed E-state index contributed by atoms with van der Waals surface area (Å²) < 4.78 is 6.43. The van der Waals surface area contributed by atoms with Gasteiger partial charge in [-0.15, -0.1) is 0 Å². The number of ketones is 1. The van der Waals surface area contributed by atoms with Crippen molar-refractivity contribution in [3.05, 3.63) is 41.0 Å². The number of aliphatic hydroxyl groups is 1. The lowest BCUT2D eigenvalue weighted by molar-refractivity contribution is -0.235. The lowest BCUT2D eigenvalue weighted by Crippen LogP contribution is -2.68. The first kappa shape index (κ1) is 46.8. The number of hydrogen-bond acceptors (Lipinski definition) is 8. The minimum absolute atomic E-state index is 0.00686. The molecule has 7 aliphatic rings. The molecule has 10 atom stereocenters. The molecule has 11 heteroatoms. The smallest absolute Gasteiger partial charge is 0.309 e. The molecule has 0 radical (unpaired) electrons. The highest BCUT2D eigenvalue weighted by Gasteiger charge is 2.71. The van der Waals surface area contributed by atoms with Gasteiger partial charge in [-0.1, -0.05) is 62.3 Å². The van der Waals surface area contributed by atoms with Gasteiger partial charge in [-0.05, 0) is 165 Å². The number of rotatable bonds is 9. The van der Waals surface area contributed by atoms with Gasteiger partial charge in [0.05, 0.1) is 23.5 Å². The number of allylic oxidation sites excluding steroid dienone is 1. The molecule has 64 heavy (non-hydrogen) atoms. The van der Waals surface area contributed by atoms with Crippen molar-refractivity contribution in [2.75, 3.05) is 18.0 Å². The molecule has 1 aliphatic heterocycles. The van der Waals surface area contributed by atoms with Crippen molar-refractivity contribution in [2.45, 2.75) is 176 Å². The fourth-order valence-electron chi connectivity index (χ4n) is 15.6. The number of piperidine rings is 1. The van der Waals surface area contributed by atoms with E-state index in [9.17, 15) is 34.2 Å². The largest absolute Gasteiger partial charge is 0.481 e. The number of nitrogens with zero attached hydrogens (tertiary/aromatic N) is 1. The fourth-order valence-corrected chi connectivity index (χ4v) is 15.6. The van der Waals surface area contributed by atoms with E-state index in [4.69, 9.17) is 4.74 Å². The van der Waals surface area contributed by atoms with Crippen LogP contribution in [0.3, 0.4) is 0 Å². The summed E-state index contributed by atoms with van der Waals surface area (Å²) in [5.74, 6) is -1.64. The maximum Gasteiger partial charge on any atom is 0.309 e. The summed E-state index contributed by atoms with van der Waals surface area (Å²) in [5, 5.41) is 26.1. The third-order valence-electron chi connectivity index (χ3n) is 19.8. The van der Waals surface area contributed by atoms with Crippen LogP contribution in [0.5, 0.6) is 0 Å². The highest BCUT2D eigenvalue weighted by Crippen LogP contribution is 2.76. The molecular weight excluding hydrogens is 807 g/mol. The zero-order valence-corrected chi connectivity index (χ0v) is 40.6. The van der Waals surface area contributed by atoms with E-state index in [0.29, 0.717) is 30.2 Å². The van der Waals surface area contributed by atoms with Gasteiger partial charge in [0, 0.05) is 36.2 Å². The minimum Gasteiger partial charge on any atom is -0.481 e. The van der Waals surface area contributed by atoms with Gasteiger partial charge in [0.25, 0.3) is 5.91 Å². The van der Waals surface area contributed by atoms with Crippen LogP contribution < -0.4 is 15.5 Å². The molecule has 4 N–H and O–H groups in total. The average Bonchev–Trinajstić information content (AvgIpc) is 3.50. The van der Waals surface area contributed by atoms with E-state index in [2.05, 4.69) is 64.0 Å². The summed E-state index contributed by atoms with van der Waals surface area (Å²) in [5.41, 5.74) is 0.403. The summed E-state index contributed by atoms with van der Waals surface area (Å²) in [7, 11) is 0. The van der Waals surface area contributed by atoms with Gasteiger partial charge in [-0.25, -0.2) is 0 Å². The minimum atomic E-state index is -1.26. The zero-order chi connectivity index (χ0) is 46.7. The van der Waals surface area contributed by atoms with Crippen molar-refractivity contribution >= 4 is 35.2 Å². The predicted molar refractivity (Wildman–Crippen MR) is 246 cm³/mol. The first-order valence-electron chi connectivity index (χ1n) is 24.6. The van der Waals surface area contributed by atoms with E-state index in [1.165, 1.54) is 0 Å². The third-order valence-corrected chi connectivity index (χ3v) is 19.8. The summed E-state index contributed by atoms with van der Waals surface area (Å²) in [6.07, 6.45) is 8.79. The zero-order valence-electron chi connectivity index (χ0n) is 40.6. The Morgan fingerprint density at radius 1 is 0.797 bits per heavy atom. The Labute approximate surface area is 381 Å². The lowest BCUT2D eigenvalue weighted by atomic mass is 9.33. The molecule has 6 fully saturated rings. The summed E-state index contributed by atoms with van der Waals surface area (Å²) >= 11 is 0. The second-order valence-corrected chi connectivity index (χ2v) is 24.4. The number of amides is 2. The Bertz CT molecular complexity index is 2120. The number of esters is 1. The molecule has 0 bridgehead atoms. The number of carboxylic acids is 1. The highest BCUT2D eigenvalue weighted by atomic mass is 16.5. The molecule has 0 unspecified atom stereocenters. The van der Waals surface area contributed by atoms with E-state index in [-0.39, 0.29) is 75.7 Å². The third kappa shape index (κ3) is 7.08. The maximum absolute atomic E-state index is 14.6. The summed E-state index contributed by atoms with van der Waals surface area (Å²) in [6.45, 7) is 25.1. The Kier molecular flexibility index (Phi) is 11.5. The van der Waals surface area contributed by atoms with Crippen LogP contribution in [0.2, 0.25) is 0 Å². The molecule has 1 heterocycles. The number of ether oxygens (including phenoxy) is 1. The SMILES string of the molecule is CC(C)C1=C2[C@H]3CC[C@@H]4[C@@]5(C)CC[C@H](OC(=O)[C@H]6C[C@@H](C(=O)O)C6(C)C)C(C)(C)[C@@H]5CC[C@@]4(C)[C@]3(C)CC[C@@]2(NC(=O)C(C)(C)NC(=O)c2ccc(N3CCC(O)CC3)cc2)CC1=O. The van der Waals surface area contributed by atoms with Crippen LogP contribution in [-0.2, 0) is 23.9 Å². The Hall–Kier alpha value is -3.73. The number of hydrogen-bond donors (Lipinski definition) is 4. The first-order chi connectivity index (χ1) is 29.7. The maximum atomic E-state index is 14.6. The van der Waals surface area contributed by atoms with Crippen LogP contribution in [0.1, 0.15) is 164 Å². The molecule has 1 aromatic carbocycles. The number of carbonyl (C=O) groups is 5. The molecule has 0 aromatic heterocycles. The van der Waals surface area contributed by atoms with E-state index >= 15 is 0 Å². The van der Waals surface area contributed by atoms with Crippen molar-refractivity contribution in [1.29, 1.82) is 0 Å². The van der Waals surface area contributed by atoms with Gasteiger partial charge in [-0.3, -0.25) is 24.0 Å². The van der Waals surface area contributed by atoms with Gasteiger partial charge in [0.1, 0.15) is 11.6 Å². The van der Waals surface area contributed by atoms with Crippen molar-refractivity contribution in [2.24, 2.45) is 62.6 Å². The van der Waals surface area contributed by atoms with Crippen LogP contribution in [-0.4, -0.2) is 76.1 Å². The molecule has 2 amide bonds. The van der Waals surface area contributed by atoms with E-state index in [0.717, 1.165) is 87.7 Å². The number of anilines is 1. The highest BCUT2D eigenvalue weighted by molar-refractivity contribution is 6.03. The quantitative estimate of drug-likeness (QED) is 0.178. The van der Waals surface area contributed by atoms with Crippen LogP contribution in [0.25, 0.3) is 0 Å². The fraction of sp³-hybridized carbons (Fsp3) is 0.755. The molecule has 0 spiro atoms. The van der Waals surface area contributed by atoms with Gasteiger partial charge in [-0.2, -0.15) is 0 Å². The first-order valence-corrected chi connectivity index (χ1v) is 24.6. The number of nitrogens with one attached hydrogen (secondary N) is 2. The number of aliphatic hydroxyl groups excluding tert-OH is 1. The van der Waals surface area contributed by atoms with Crippen LogP contribution in [0.15, 0.2) is 35.4 Å². The Morgan fingerprint density at radius 2 is 1.45 bits per heavy atom. The number of carboxylic acid groups (broad SMARTS) is 1. The number of benzene rings is 1. The van der Waals surface area contributed by atoms with E-state index < -0.39 is 34.3 Å². The van der Waals surface area contributed by atoms with Crippen LogP contribution in [0.4, 0.5) is 5.69 Å². The second kappa shape index (κ2) is 15.7. The molecule has 5 saturated carbocycles. The molecule has 8 rings (SSSR count). The number of Topliss-reactive ketones (excluding diaryl/α,β-unsaturated/α-hetero) is 1. The van der Waals surface area contributed by atoms with Gasteiger partial charge in [0.2, 0.25) is 5.91 Å². The van der Waals surface area contributed by atoms with Gasteiger partial charge < -0.3 is 30.5 Å². The second-order valence-electron chi connectivity index (χ2n) is 24.4. The number of aliphatic carboxylic acids is 1. The van der Waals surface area contributed by atoms with Gasteiger partial charge >= 0.3 is 11.9 Å². The number of carbonyl (C=O) groups excluding carboxylic acids is 4. The molecule has 1 aromatic rings. The molecule has 1 saturated heterocycles. The van der Waals surface area contributed by atoms with Crippen LogP contribution >= 0.6 is 0 Å². The monoisotopic (exact) mass is 884 g/mol. The predicted octanol–water partition coefficient (Wildman–Crippen LogP) is 8.66. The van der Waals surface area contributed by atoms with Crippen molar-refractivity contribution in [3.63, 3.8) is 0 Å². The Balaban J connectivity index is 0.999. The van der Waals surface area contributed by atoms with Crippen molar-refractivity contribution in [1.82, 2.24) is 10.6 Å². The van der Waals surface area contributed by atoms with Crippen LogP contribution in [0, 0.1) is 62.6 Å². The normalized spacial score (nSPS) is 38.0. The van der Waals surface area contributed by atoms with Gasteiger partial charge in [0.15, 0.2) is 5.78 Å². The average molecular weight is 884 g/mol. The molecule has 352 valence electrons. The Morgan fingerprint density at radius 3 is 2.06 bits per heavy atom. The lowest BCUT2D eigenvalue weighted by Gasteiger charge is -2.72.